The number of aromatic amines is 1. The zero-order valence-corrected chi connectivity index (χ0v) is 14.7. The molecule has 0 aliphatic heterocycles. The normalized spacial score (nSPS) is 11.9. The molecule has 0 saturated heterocycles. The summed E-state index contributed by atoms with van der Waals surface area (Å²) in [5.41, 5.74) is 3.06. The summed E-state index contributed by atoms with van der Waals surface area (Å²) >= 11 is 0. The summed E-state index contributed by atoms with van der Waals surface area (Å²) in [6.07, 6.45) is 3.21. The van der Waals surface area contributed by atoms with Crippen molar-refractivity contribution in [3.05, 3.63) is 71.9 Å². The van der Waals surface area contributed by atoms with Crippen molar-refractivity contribution in [2.24, 2.45) is 0 Å². The second-order valence-electron chi connectivity index (χ2n) is 6.19. The molecule has 1 aromatic heterocycles. The molecule has 3 aromatic rings. The number of methoxy groups -OCH3 is 1. The zero-order valence-electron chi connectivity index (χ0n) is 14.7. The number of amides is 1. The molecule has 0 spiro atoms. The fourth-order valence-electron chi connectivity index (χ4n) is 3.03. The summed E-state index contributed by atoms with van der Waals surface area (Å²) in [7, 11) is 1.33. The molecule has 2 aromatic carbocycles. The Morgan fingerprint density at radius 2 is 1.81 bits per heavy atom. The van der Waals surface area contributed by atoms with Crippen molar-refractivity contribution in [2.45, 2.75) is 25.3 Å². The summed E-state index contributed by atoms with van der Waals surface area (Å²) in [4.78, 5) is 27.6. The number of hydrogen-bond donors (Lipinski definition) is 2. The van der Waals surface area contributed by atoms with Crippen LogP contribution in [-0.4, -0.2) is 30.0 Å². The van der Waals surface area contributed by atoms with Crippen LogP contribution in [0.1, 0.15) is 17.5 Å². The first-order valence-corrected chi connectivity index (χ1v) is 8.63. The molecule has 0 aliphatic rings. The van der Waals surface area contributed by atoms with E-state index in [4.69, 9.17) is 4.74 Å². The van der Waals surface area contributed by atoms with Crippen LogP contribution in [0, 0.1) is 0 Å². The van der Waals surface area contributed by atoms with Crippen LogP contribution >= 0.6 is 0 Å². The van der Waals surface area contributed by atoms with E-state index in [2.05, 4.69) is 10.3 Å². The van der Waals surface area contributed by atoms with E-state index in [9.17, 15) is 9.59 Å². The highest BCUT2D eigenvalue weighted by atomic mass is 16.5. The minimum Gasteiger partial charge on any atom is -0.467 e. The number of nitrogens with one attached hydrogen (secondary N) is 2. The lowest BCUT2D eigenvalue weighted by molar-refractivity contribution is -0.145. The third-order valence-electron chi connectivity index (χ3n) is 4.40. The minimum atomic E-state index is -0.706. The van der Waals surface area contributed by atoms with Crippen LogP contribution in [0.5, 0.6) is 0 Å². The number of carbonyl (C=O) groups is 2. The second-order valence-corrected chi connectivity index (χ2v) is 6.19. The number of aryl methyl sites for hydroxylation is 1. The highest BCUT2D eigenvalue weighted by molar-refractivity contribution is 5.87. The van der Waals surface area contributed by atoms with Crippen molar-refractivity contribution in [1.82, 2.24) is 10.3 Å². The lowest BCUT2D eigenvalue weighted by atomic mass is 10.0. The van der Waals surface area contributed by atoms with E-state index < -0.39 is 12.0 Å². The van der Waals surface area contributed by atoms with Gasteiger partial charge in [-0.3, -0.25) is 4.79 Å². The Bertz CT molecular complexity index is 886. The van der Waals surface area contributed by atoms with Crippen molar-refractivity contribution in [2.75, 3.05) is 7.11 Å². The Kier molecular flexibility index (Phi) is 5.69. The Morgan fingerprint density at radius 1 is 1.08 bits per heavy atom. The second kappa shape index (κ2) is 8.34. The maximum Gasteiger partial charge on any atom is 0.328 e. The van der Waals surface area contributed by atoms with Gasteiger partial charge in [0.25, 0.3) is 0 Å². The number of carbonyl (C=O) groups excluding carboxylic acids is 2. The molecule has 0 radical (unpaired) electrons. The third-order valence-corrected chi connectivity index (χ3v) is 4.40. The van der Waals surface area contributed by atoms with Gasteiger partial charge in [0.1, 0.15) is 6.04 Å². The molecule has 5 heteroatoms. The fraction of sp³-hybridized carbons (Fsp3) is 0.238. The van der Waals surface area contributed by atoms with Gasteiger partial charge in [-0.05, 0) is 23.6 Å². The van der Waals surface area contributed by atoms with Gasteiger partial charge in [0.2, 0.25) is 5.91 Å². The Morgan fingerprint density at radius 3 is 2.58 bits per heavy atom. The smallest absolute Gasteiger partial charge is 0.328 e. The van der Waals surface area contributed by atoms with Gasteiger partial charge in [0.15, 0.2) is 0 Å². The Hall–Kier alpha value is -3.08. The maximum absolute atomic E-state index is 12.3. The van der Waals surface area contributed by atoms with E-state index in [0.717, 1.165) is 22.0 Å². The van der Waals surface area contributed by atoms with Crippen molar-refractivity contribution >= 4 is 22.8 Å². The van der Waals surface area contributed by atoms with Crippen molar-refractivity contribution in [3.8, 4) is 0 Å². The molecule has 1 atom stereocenters. The summed E-state index contributed by atoms with van der Waals surface area (Å²) in [6, 6.07) is 17.0. The SMILES string of the molecule is COC(=O)[C@@H](Cc1c[nH]c2ccccc12)NC(=O)CCc1ccccc1. The highest BCUT2D eigenvalue weighted by Gasteiger charge is 2.23. The van der Waals surface area contributed by atoms with Gasteiger partial charge in [-0.25, -0.2) is 4.79 Å². The Balaban J connectivity index is 1.66. The van der Waals surface area contributed by atoms with Gasteiger partial charge in [-0.2, -0.15) is 0 Å². The molecule has 0 fully saturated rings. The standard InChI is InChI=1S/C21H22N2O3/c1-26-21(25)19(13-16-14-22-18-10-6-5-9-17(16)18)23-20(24)12-11-15-7-3-2-4-8-15/h2-10,14,19,22H,11-13H2,1H3,(H,23,24)/t19-/m1/s1. The number of rotatable bonds is 7. The van der Waals surface area contributed by atoms with Crippen molar-refractivity contribution < 1.29 is 14.3 Å². The molecule has 5 nitrogen and oxygen atoms in total. The highest BCUT2D eigenvalue weighted by Crippen LogP contribution is 2.19. The van der Waals surface area contributed by atoms with Crippen LogP contribution < -0.4 is 5.32 Å². The minimum absolute atomic E-state index is 0.163. The lowest BCUT2D eigenvalue weighted by Crippen LogP contribution is -2.43. The molecule has 0 bridgehead atoms. The zero-order chi connectivity index (χ0) is 18.4. The quantitative estimate of drug-likeness (QED) is 0.644. The number of para-hydroxylation sites is 1. The first kappa shape index (κ1) is 17.7. The van der Waals surface area contributed by atoms with Crippen LogP contribution in [-0.2, 0) is 27.2 Å². The Labute approximate surface area is 152 Å². The number of fused-ring (bicyclic) bond motifs is 1. The largest absolute Gasteiger partial charge is 0.467 e. The van der Waals surface area contributed by atoms with Crippen molar-refractivity contribution in [1.29, 1.82) is 0 Å². The number of esters is 1. The van der Waals surface area contributed by atoms with Crippen molar-refractivity contribution in [3.63, 3.8) is 0 Å². The fourth-order valence-corrected chi connectivity index (χ4v) is 3.03. The first-order chi connectivity index (χ1) is 12.7. The predicted octanol–water partition coefficient (Wildman–Crippen LogP) is 3.00. The monoisotopic (exact) mass is 350 g/mol. The number of ether oxygens (including phenoxy) is 1. The van der Waals surface area contributed by atoms with E-state index in [1.165, 1.54) is 7.11 Å². The molecule has 0 saturated carbocycles. The summed E-state index contributed by atoms with van der Waals surface area (Å²) in [5, 5.41) is 3.86. The van der Waals surface area contributed by atoms with Gasteiger partial charge in [0, 0.05) is 29.9 Å². The van der Waals surface area contributed by atoms with Crippen LogP contribution in [0.25, 0.3) is 10.9 Å². The number of H-pyrrole nitrogens is 1. The number of hydrogen-bond acceptors (Lipinski definition) is 3. The van der Waals surface area contributed by atoms with Crippen LogP contribution in [0.4, 0.5) is 0 Å². The predicted molar refractivity (Wildman–Crippen MR) is 101 cm³/mol. The molecule has 26 heavy (non-hydrogen) atoms. The van der Waals surface area contributed by atoms with Gasteiger partial charge < -0.3 is 15.0 Å². The van der Waals surface area contributed by atoms with Gasteiger partial charge in [0.05, 0.1) is 7.11 Å². The van der Waals surface area contributed by atoms with E-state index >= 15 is 0 Å². The molecule has 1 amide bonds. The van der Waals surface area contributed by atoms with E-state index in [1.807, 2.05) is 60.8 Å². The first-order valence-electron chi connectivity index (χ1n) is 8.63. The lowest BCUT2D eigenvalue weighted by Gasteiger charge is -2.16. The van der Waals surface area contributed by atoms with Gasteiger partial charge >= 0.3 is 5.97 Å². The van der Waals surface area contributed by atoms with Gasteiger partial charge in [-0.1, -0.05) is 48.5 Å². The number of benzene rings is 2. The molecular weight excluding hydrogens is 328 g/mol. The molecule has 3 rings (SSSR count). The maximum atomic E-state index is 12.3. The van der Waals surface area contributed by atoms with E-state index in [1.54, 1.807) is 0 Å². The summed E-state index contributed by atoms with van der Waals surface area (Å²) < 4.78 is 4.87. The molecule has 2 N–H and O–H groups in total. The third kappa shape index (κ3) is 4.30. The molecular formula is C21H22N2O3. The molecule has 0 unspecified atom stereocenters. The van der Waals surface area contributed by atoms with Crippen LogP contribution in [0.3, 0.4) is 0 Å². The van der Waals surface area contributed by atoms with Crippen LogP contribution in [0.15, 0.2) is 60.8 Å². The molecule has 0 aliphatic carbocycles. The van der Waals surface area contributed by atoms with Gasteiger partial charge in [-0.15, -0.1) is 0 Å². The summed E-state index contributed by atoms with van der Waals surface area (Å²) in [5.74, 6) is -0.604. The summed E-state index contributed by atoms with van der Waals surface area (Å²) in [6.45, 7) is 0. The van der Waals surface area contributed by atoms with Crippen LogP contribution in [0.2, 0.25) is 0 Å². The van der Waals surface area contributed by atoms with E-state index in [-0.39, 0.29) is 5.91 Å². The average Bonchev–Trinajstić information content (AvgIpc) is 3.09. The number of aromatic nitrogens is 1. The topological polar surface area (TPSA) is 71.2 Å². The molecule has 1 heterocycles. The molecule has 134 valence electrons. The average molecular weight is 350 g/mol. The van der Waals surface area contributed by atoms with E-state index in [0.29, 0.717) is 19.3 Å².